The fourth-order valence-electron chi connectivity index (χ4n) is 4.88. The fourth-order valence-corrected chi connectivity index (χ4v) is 4.88. The van der Waals surface area contributed by atoms with Crippen LogP contribution in [-0.2, 0) is 4.74 Å². The summed E-state index contributed by atoms with van der Waals surface area (Å²) >= 11 is 0. The van der Waals surface area contributed by atoms with Crippen LogP contribution in [-0.4, -0.2) is 82.4 Å². The number of aliphatic imine (C=N–C) groups is 1. The Balaban J connectivity index is 1.36. The van der Waals surface area contributed by atoms with E-state index in [1.54, 1.807) is 41.9 Å². The van der Waals surface area contributed by atoms with E-state index in [1.165, 1.54) is 0 Å². The van der Waals surface area contributed by atoms with Gasteiger partial charge >= 0.3 is 6.09 Å². The molecule has 1 aromatic carbocycles. The van der Waals surface area contributed by atoms with Gasteiger partial charge < -0.3 is 30.3 Å². The number of rotatable bonds is 7. The molecule has 3 heterocycles. The minimum absolute atomic E-state index is 0.0275. The van der Waals surface area contributed by atoms with Crippen molar-refractivity contribution in [2.75, 3.05) is 43.1 Å². The first-order valence-corrected chi connectivity index (χ1v) is 13.8. The van der Waals surface area contributed by atoms with Crippen molar-refractivity contribution < 1.29 is 19.1 Å². The lowest BCUT2D eigenvalue weighted by atomic mass is 10.0. The Labute approximate surface area is 239 Å². The predicted octanol–water partition coefficient (Wildman–Crippen LogP) is 3.91. The number of carbonyl (C=O) groups excluding carboxylic acids is 2. The molecule has 1 aliphatic heterocycles. The predicted molar refractivity (Wildman–Crippen MR) is 158 cm³/mol. The van der Waals surface area contributed by atoms with E-state index >= 15 is 0 Å². The zero-order valence-corrected chi connectivity index (χ0v) is 24.5. The van der Waals surface area contributed by atoms with E-state index < -0.39 is 11.5 Å². The number of hydrogen-bond acceptors (Lipinski definition) is 9. The van der Waals surface area contributed by atoms with Crippen LogP contribution in [0.1, 0.15) is 61.6 Å². The molecule has 2 aliphatic rings. The van der Waals surface area contributed by atoms with Gasteiger partial charge in [-0.3, -0.25) is 14.2 Å². The Morgan fingerprint density at radius 1 is 1.20 bits per heavy atom. The molecule has 2 aromatic heterocycles. The van der Waals surface area contributed by atoms with Crippen LogP contribution in [0.25, 0.3) is 5.65 Å². The first-order chi connectivity index (χ1) is 19.4. The molecule has 1 aliphatic carbocycles. The summed E-state index contributed by atoms with van der Waals surface area (Å²) in [6.07, 6.45) is 7.72. The standard InChI is InChI=1S/C29H38N8O4/c1-17-14-37-16-23(34-27(25(37)32-17)40-19-7-8-19)33-26(38)20-9-10-22(21(13-31-5)24(20)30)36-12-11-18(15-36)35(6)28(39)41-29(2,3)4/h9-10,13-14,16,18-19H,7-8,11-12,15,30H2,1-6H3,(H,33,38)/t18-/m1/s1. The normalized spacial score (nSPS) is 17.3. The maximum absolute atomic E-state index is 13.4. The van der Waals surface area contributed by atoms with Gasteiger partial charge in [0.1, 0.15) is 11.7 Å². The van der Waals surface area contributed by atoms with E-state index in [-0.39, 0.29) is 18.2 Å². The van der Waals surface area contributed by atoms with Crippen molar-refractivity contribution in [1.82, 2.24) is 19.3 Å². The first-order valence-electron chi connectivity index (χ1n) is 13.8. The number of nitrogens with one attached hydrogen (secondary N) is 1. The number of anilines is 3. The minimum atomic E-state index is -0.565. The van der Waals surface area contributed by atoms with E-state index in [0.29, 0.717) is 47.2 Å². The molecule has 12 nitrogen and oxygen atoms in total. The van der Waals surface area contributed by atoms with E-state index in [2.05, 4.69) is 25.2 Å². The molecule has 0 bridgehead atoms. The first kappa shape index (κ1) is 28.2. The molecule has 41 heavy (non-hydrogen) atoms. The largest absolute Gasteiger partial charge is 0.472 e. The number of aromatic nitrogens is 3. The van der Waals surface area contributed by atoms with E-state index in [9.17, 15) is 9.59 Å². The summed E-state index contributed by atoms with van der Waals surface area (Å²) in [4.78, 5) is 43.1. The van der Waals surface area contributed by atoms with Gasteiger partial charge in [0.2, 0.25) is 5.65 Å². The highest BCUT2D eigenvalue weighted by Crippen LogP contribution is 2.33. The molecule has 2 amide bonds. The second-order valence-corrected chi connectivity index (χ2v) is 11.6. The van der Waals surface area contributed by atoms with Gasteiger partial charge in [-0.25, -0.2) is 9.78 Å². The Hall–Kier alpha value is -4.35. The summed E-state index contributed by atoms with van der Waals surface area (Å²) < 4.78 is 13.3. The van der Waals surface area contributed by atoms with Crippen molar-refractivity contribution in [3.63, 3.8) is 0 Å². The van der Waals surface area contributed by atoms with Gasteiger partial charge in [0.25, 0.3) is 11.8 Å². The van der Waals surface area contributed by atoms with Crippen LogP contribution < -0.4 is 20.7 Å². The van der Waals surface area contributed by atoms with Gasteiger partial charge in [0.15, 0.2) is 5.82 Å². The summed E-state index contributed by atoms with van der Waals surface area (Å²) in [6.45, 7) is 8.76. The van der Waals surface area contributed by atoms with E-state index in [1.807, 2.05) is 40.0 Å². The molecule has 2 fully saturated rings. The fraction of sp³-hybridized carbons (Fsp3) is 0.483. The highest BCUT2D eigenvalue weighted by Gasteiger charge is 2.32. The zero-order chi connectivity index (χ0) is 29.5. The van der Waals surface area contributed by atoms with Gasteiger partial charge in [-0.1, -0.05) is 0 Å². The number of benzene rings is 1. The number of fused-ring (bicyclic) bond motifs is 1. The van der Waals surface area contributed by atoms with E-state index in [4.69, 9.17) is 15.2 Å². The zero-order valence-electron chi connectivity index (χ0n) is 24.5. The second kappa shape index (κ2) is 10.9. The van der Waals surface area contributed by atoms with Crippen LogP contribution in [0.3, 0.4) is 0 Å². The number of nitrogens with two attached hydrogens (primary N) is 1. The van der Waals surface area contributed by atoms with Crippen molar-refractivity contribution in [1.29, 1.82) is 0 Å². The van der Waals surface area contributed by atoms with Crippen molar-refractivity contribution in [2.45, 2.75) is 64.7 Å². The number of ether oxygens (including phenoxy) is 2. The third kappa shape index (κ3) is 6.21. The second-order valence-electron chi connectivity index (χ2n) is 11.6. The number of hydrogen-bond donors (Lipinski definition) is 2. The number of amides is 2. The van der Waals surface area contributed by atoms with Crippen molar-refractivity contribution >= 4 is 41.1 Å². The topological polar surface area (TPSA) is 140 Å². The smallest absolute Gasteiger partial charge is 0.410 e. The average Bonchev–Trinajstić information content (AvgIpc) is 3.42. The highest BCUT2D eigenvalue weighted by atomic mass is 16.6. The van der Waals surface area contributed by atoms with E-state index in [0.717, 1.165) is 30.6 Å². The summed E-state index contributed by atoms with van der Waals surface area (Å²) in [5.41, 5.74) is 9.55. The van der Waals surface area contributed by atoms with Gasteiger partial charge in [-0.05, 0) is 59.1 Å². The molecular formula is C29H38N8O4. The number of nitrogens with zero attached hydrogens (tertiary/aromatic N) is 6. The molecular weight excluding hydrogens is 524 g/mol. The van der Waals surface area contributed by atoms with Crippen LogP contribution >= 0.6 is 0 Å². The number of likely N-dealkylation sites (N-methyl/N-ethyl adjacent to an activating group) is 1. The number of carbonyl (C=O) groups is 2. The molecule has 0 spiro atoms. The Kier molecular flexibility index (Phi) is 7.50. The quantitative estimate of drug-likeness (QED) is 0.326. The molecule has 218 valence electrons. The van der Waals surface area contributed by atoms with Gasteiger partial charge in [-0.2, -0.15) is 4.98 Å². The lowest BCUT2D eigenvalue weighted by Crippen LogP contribution is -2.42. The molecule has 1 saturated heterocycles. The molecule has 1 saturated carbocycles. The van der Waals surface area contributed by atoms with Gasteiger partial charge in [0.05, 0.1) is 29.2 Å². The highest BCUT2D eigenvalue weighted by molar-refractivity contribution is 6.11. The molecule has 1 atom stereocenters. The molecule has 0 unspecified atom stereocenters. The van der Waals surface area contributed by atoms with Crippen LogP contribution in [0.2, 0.25) is 0 Å². The summed E-state index contributed by atoms with van der Waals surface area (Å²) in [5.74, 6) is 0.322. The third-order valence-electron chi connectivity index (χ3n) is 7.07. The minimum Gasteiger partial charge on any atom is -0.472 e. The van der Waals surface area contributed by atoms with Crippen LogP contribution in [0.5, 0.6) is 5.88 Å². The maximum atomic E-state index is 13.4. The van der Waals surface area contributed by atoms with Crippen molar-refractivity contribution in [3.8, 4) is 5.88 Å². The summed E-state index contributed by atoms with van der Waals surface area (Å²) in [7, 11) is 3.42. The SMILES string of the molecule is CN=Cc1c(N2CC[C@@H](N(C)C(=O)OC(C)(C)C)C2)ccc(C(=O)Nc2cn3cc(C)nc3c(OC3CC3)n2)c1N. The summed E-state index contributed by atoms with van der Waals surface area (Å²) in [6, 6.07) is 3.55. The van der Waals surface area contributed by atoms with Gasteiger partial charge in [0, 0.05) is 50.8 Å². The molecule has 3 aromatic rings. The lowest BCUT2D eigenvalue weighted by molar-refractivity contribution is 0.0237. The number of nitrogen functional groups attached to an aromatic ring is 1. The van der Waals surface area contributed by atoms with Crippen LogP contribution in [0, 0.1) is 6.92 Å². The Morgan fingerprint density at radius 3 is 2.63 bits per heavy atom. The molecule has 12 heteroatoms. The van der Waals surface area contributed by atoms with Crippen LogP contribution in [0.15, 0.2) is 29.5 Å². The maximum Gasteiger partial charge on any atom is 0.410 e. The Bertz CT molecular complexity index is 1500. The molecule has 5 rings (SSSR count). The molecule has 3 N–H and O–H groups in total. The summed E-state index contributed by atoms with van der Waals surface area (Å²) in [5, 5.41) is 2.87. The number of imidazole rings is 1. The number of aryl methyl sites for hydroxylation is 1. The van der Waals surface area contributed by atoms with Crippen molar-refractivity contribution in [3.05, 3.63) is 41.3 Å². The lowest BCUT2D eigenvalue weighted by Gasteiger charge is -2.29. The Morgan fingerprint density at radius 2 is 1.95 bits per heavy atom. The van der Waals surface area contributed by atoms with Crippen LogP contribution in [0.4, 0.5) is 22.0 Å². The average molecular weight is 563 g/mol. The van der Waals surface area contributed by atoms with Gasteiger partial charge in [-0.15, -0.1) is 0 Å². The monoisotopic (exact) mass is 562 g/mol. The van der Waals surface area contributed by atoms with Crippen molar-refractivity contribution in [2.24, 2.45) is 4.99 Å². The third-order valence-corrected chi connectivity index (χ3v) is 7.07. The molecule has 0 radical (unpaired) electrons.